The van der Waals surface area contributed by atoms with Crippen molar-refractivity contribution in [1.82, 2.24) is 0 Å². The fraction of sp³-hybridized carbons (Fsp3) is 0.467. The molecule has 22 heavy (non-hydrogen) atoms. The molecule has 118 valence electrons. The predicted molar refractivity (Wildman–Crippen MR) is 72.8 cm³/mol. The number of hydrogen-bond acceptors (Lipinski definition) is 7. The maximum atomic E-state index is 11.0. The van der Waals surface area contributed by atoms with Crippen LogP contribution in [0, 0.1) is 0 Å². The van der Waals surface area contributed by atoms with Crippen LogP contribution in [0.2, 0.25) is 0 Å². The molecule has 2 unspecified atom stereocenters. The van der Waals surface area contributed by atoms with Crippen molar-refractivity contribution in [2.45, 2.75) is 25.0 Å². The normalized spacial score (nSPS) is 23.6. The minimum atomic E-state index is -0.670. The standard InChI is InChI=1S/C15H16O7/c16-14-5-4-12(21-14)7-18-10-2-1-3-11(6-10)19-8-13-9-20-15(17)22-13/h1-3,6,12-13H,4-5,7-9H2. The van der Waals surface area contributed by atoms with Crippen molar-refractivity contribution in [2.75, 3.05) is 19.8 Å². The molecule has 1 aromatic carbocycles. The maximum absolute atomic E-state index is 11.0. The lowest BCUT2D eigenvalue weighted by Crippen LogP contribution is -2.20. The quantitative estimate of drug-likeness (QED) is 0.740. The molecular weight excluding hydrogens is 292 g/mol. The topological polar surface area (TPSA) is 80.3 Å². The highest BCUT2D eigenvalue weighted by Gasteiger charge is 2.26. The van der Waals surface area contributed by atoms with E-state index in [1.807, 2.05) is 0 Å². The Labute approximate surface area is 127 Å². The summed E-state index contributed by atoms with van der Waals surface area (Å²) in [7, 11) is 0. The third-order valence-corrected chi connectivity index (χ3v) is 3.30. The smallest absolute Gasteiger partial charge is 0.490 e. The molecule has 0 radical (unpaired) electrons. The molecule has 1 aromatic rings. The number of esters is 1. The summed E-state index contributed by atoms with van der Waals surface area (Å²) in [5.74, 6) is 1.04. The number of hydrogen-bond donors (Lipinski definition) is 0. The third kappa shape index (κ3) is 3.81. The molecule has 0 aliphatic carbocycles. The first-order valence-electron chi connectivity index (χ1n) is 7.07. The number of rotatable bonds is 6. The zero-order valence-corrected chi connectivity index (χ0v) is 11.9. The first-order chi connectivity index (χ1) is 10.7. The van der Waals surface area contributed by atoms with Crippen LogP contribution in [0.3, 0.4) is 0 Å². The summed E-state index contributed by atoms with van der Waals surface area (Å²) in [6.45, 7) is 0.737. The summed E-state index contributed by atoms with van der Waals surface area (Å²) in [5, 5.41) is 0. The van der Waals surface area contributed by atoms with Gasteiger partial charge in [-0.2, -0.15) is 0 Å². The van der Waals surface area contributed by atoms with E-state index < -0.39 is 12.3 Å². The second kappa shape index (κ2) is 6.55. The van der Waals surface area contributed by atoms with Gasteiger partial charge in [-0.25, -0.2) is 4.79 Å². The molecule has 0 spiro atoms. The minimum absolute atomic E-state index is 0.181. The van der Waals surface area contributed by atoms with Crippen molar-refractivity contribution in [3.8, 4) is 11.5 Å². The molecular formula is C15H16O7. The van der Waals surface area contributed by atoms with E-state index in [4.69, 9.17) is 18.9 Å². The highest BCUT2D eigenvalue weighted by atomic mass is 16.8. The van der Waals surface area contributed by atoms with Crippen molar-refractivity contribution in [1.29, 1.82) is 0 Å². The zero-order valence-electron chi connectivity index (χ0n) is 11.9. The van der Waals surface area contributed by atoms with E-state index in [-0.39, 0.29) is 25.3 Å². The summed E-state index contributed by atoms with van der Waals surface area (Å²) in [6.07, 6.45) is -0.125. The SMILES string of the molecule is O=C1CCC(COc2cccc(OCC3COC(=O)O3)c2)O1. The molecule has 7 nitrogen and oxygen atoms in total. The minimum Gasteiger partial charge on any atom is -0.490 e. The number of carbonyl (C=O) groups is 2. The van der Waals surface area contributed by atoms with Crippen molar-refractivity contribution in [3.63, 3.8) is 0 Å². The number of carbonyl (C=O) groups excluding carboxylic acids is 2. The molecule has 2 aliphatic rings. The average molecular weight is 308 g/mol. The Morgan fingerprint density at radius 2 is 1.77 bits per heavy atom. The summed E-state index contributed by atoms with van der Waals surface area (Å²) in [6, 6.07) is 7.10. The summed E-state index contributed by atoms with van der Waals surface area (Å²) in [4.78, 5) is 21.8. The highest BCUT2D eigenvalue weighted by molar-refractivity contribution is 5.71. The van der Waals surface area contributed by atoms with Crippen molar-refractivity contribution < 1.29 is 33.3 Å². The number of cyclic esters (lactones) is 3. The molecule has 0 N–H and O–H groups in total. The summed E-state index contributed by atoms with van der Waals surface area (Å²) < 4.78 is 25.8. The van der Waals surface area contributed by atoms with Gasteiger partial charge in [-0.1, -0.05) is 6.07 Å². The van der Waals surface area contributed by atoms with E-state index in [0.29, 0.717) is 30.9 Å². The lowest BCUT2D eigenvalue weighted by Gasteiger charge is -2.13. The van der Waals surface area contributed by atoms with E-state index in [1.54, 1.807) is 24.3 Å². The van der Waals surface area contributed by atoms with Crippen LogP contribution >= 0.6 is 0 Å². The molecule has 2 atom stereocenters. The molecule has 0 bridgehead atoms. The van der Waals surface area contributed by atoms with Gasteiger partial charge in [0.1, 0.15) is 37.4 Å². The molecule has 7 heteroatoms. The lowest BCUT2D eigenvalue weighted by atomic mass is 10.2. The molecule has 0 aromatic heterocycles. The van der Waals surface area contributed by atoms with Crippen LogP contribution in [0.5, 0.6) is 11.5 Å². The van der Waals surface area contributed by atoms with Crippen LogP contribution in [-0.2, 0) is 19.0 Å². The maximum Gasteiger partial charge on any atom is 0.508 e. The summed E-state index contributed by atoms with van der Waals surface area (Å²) >= 11 is 0. The van der Waals surface area contributed by atoms with Gasteiger partial charge in [-0.05, 0) is 18.6 Å². The van der Waals surface area contributed by atoms with Gasteiger partial charge in [-0.3, -0.25) is 4.79 Å². The van der Waals surface area contributed by atoms with Crippen molar-refractivity contribution in [3.05, 3.63) is 24.3 Å². The molecule has 0 saturated carbocycles. The van der Waals surface area contributed by atoms with E-state index in [1.165, 1.54) is 0 Å². The van der Waals surface area contributed by atoms with Crippen LogP contribution in [0.25, 0.3) is 0 Å². The van der Waals surface area contributed by atoms with Crippen LogP contribution < -0.4 is 9.47 Å². The zero-order chi connectivity index (χ0) is 15.4. The lowest BCUT2D eigenvalue weighted by molar-refractivity contribution is -0.142. The predicted octanol–water partition coefficient (Wildman–Crippen LogP) is 1.69. The van der Waals surface area contributed by atoms with Gasteiger partial charge < -0.3 is 23.7 Å². The Bertz CT molecular complexity index is 511. The molecule has 2 saturated heterocycles. The monoisotopic (exact) mass is 308 g/mol. The number of ether oxygens (including phenoxy) is 5. The van der Waals surface area contributed by atoms with Gasteiger partial charge in [0.25, 0.3) is 0 Å². The Hall–Kier alpha value is -2.44. The van der Waals surface area contributed by atoms with Crippen LogP contribution in [0.4, 0.5) is 4.79 Å². The largest absolute Gasteiger partial charge is 0.508 e. The molecule has 2 heterocycles. The second-order valence-corrected chi connectivity index (χ2v) is 5.05. The average Bonchev–Trinajstić information content (AvgIpc) is 3.12. The second-order valence-electron chi connectivity index (χ2n) is 5.05. The van der Waals surface area contributed by atoms with E-state index in [9.17, 15) is 9.59 Å². The third-order valence-electron chi connectivity index (χ3n) is 3.30. The van der Waals surface area contributed by atoms with Gasteiger partial charge in [0.2, 0.25) is 0 Å². The molecule has 0 amide bonds. The van der Waals surface area contributed by atoms with Crippen LogP contribution in [0.1, 0.15) is 12.8 Å². The van der Waals surface area contributed by atoms with Crippen LogP contribution in [-0.4, -0.2) is 44.2 Å². The Balaban J connectivity index is 1.47. The van der Waals surface area contributed by atoms with Gasteiger partial charge >= 0.3 is 12.1 Å². The van der Waals surface area contributed by atoms with Gasteiger partial charge in [-0.15, -0.1) is 0 Å². The van der Waals surface area contributed by atoms with Gasteiger partial charge in [0.05, 0.1) is 0 Å². The summed E-state index contributed by atoms with van der Waals surface area (Å²) in [5.41, 5.74) is 0. The van der Waals surface area contributed by atoms with E-state index >= 15 is 0 Å². The van der Waals surface area contributed by atoms with Crippen LogP contribution in [0.15, 0.2) is 24.3 Å². The fourth-order valence-corrected chi connectivity index (χ4v) is 2.18. The van der Waals surface area contributed by atoms with E-state index in [0.717, 1.165) is 0 Å². The number of benzene rings is 1. The Kier molecular flexibility index (Phi) is 4.32. The van der Waals surface area contributed by atoms with Gasteiger partial charge in [0.15, 0.2) is 6.10 Å². The van der Waals surface area contributed by atoms with Crippen molar-refractivity contribution in [2.24, 2.45) is 0 Å². The van der Waals surface area contributed by atoms with E-state index in [2.05, 4.69) is 4.74 Å². The highest BCUT2D eigenvalue weighted by Crippen LogP contribution is 2.22. The fourth-order valence-electron chi connectivity index (χ4n) is 2.18. The Morgan fingerprint density at radius 3 is 2.36 bits per heavy atom. The first-order valence-corrected chi connectivity index (χ1v) is 7.07. The molecule has 2 fully saturated rings. The molecule has 3 rings (SSSR count). The first kappa shape index (κ1) is 14.5. The van der Waals surface area contributed by atoms with Gasteiger partial charge in [0, 0.05) is 12.5 Å². The Morgan fingerprint density at radius 1 is 1.05 bits per heavy atom. The van der Waals surface area contributed by atoms with Crippen molar-refractivity contribution >= 4 is 12.1 Å². The molecule has 2 aliphatic heterocycles.